The van der Waals surface area contributed by atoms with Crippen LogP contribution in [0.1, 0.15) is 27.9 Å². The third kappa shape index (κ3) is 3.80. The number of carbonyl (C=O) groups excluding carboxylic acids is 1. The molecule has 0 unspecified atom stereocenters. The monoisotopic (exact) mass is 428 g/mol. The molecule has 1 saturated carbocycles. The topological polar surface area (TPSA) is 55.8 Å². The van der Waals surface area contributed by atoms with Gasteiger partial charge in [0.2, 0.25) is 0 Å². The lowest BCUT2D eigenvalue weighted by Gasteiger charge is -2.31. The Bertz CT molecular complexity index is 1090. The van der Waals surface area contributed by atoms with E-state index >= 15 is 0 Å². The predicted octanol–water partition coefficient (Wildman–Crippen LogP) is 4.93. The molecule has 1 fully saturated rings. The molecule has 0 bridgehead atoms. The molecule has 5 rings (SSSR count). The second-order valence-electron chi connectivity index (χ2n) is 8.90. The number of aliphatic hydroxyl groups is 1. The van der Waals surface area contributed by atoms with E-state index in [9.17, 15) is 9.90 Å². The zero-order valence-electron chi connectivity index (χ0n) is 18.2. The van der Waals surface area contributed by atoms with Crippen LogP contribution in [0.4, 0.5) is 0 Å². The molecule has 2 aliphatic carbocycles. The maximum atomic E-state index is 12.9. The SMILES string of the molecule is COc1cccc2c1C[C@H]1C[C@@H](OC(=O)c3ccc(-c4ccccc4)cc3)[C@H](CO)[C@H]1C2. The quantitative estimate of drug-likeness (QED) is 0.586. The van der Waals surface area contributed by atoms with E-state index in [-0.39, 0.29) is 24.6 Å². The predicted molar refractivity (Wildman–Crippen MR) is 124 cm³/mol. The average Bonchev–Trinajstić information content (AvgIpc) is 3.18. The summed E-state index contributed by atoms with van der Waals surface area (Å²) in [6.07, 6.45) is 2.31. The number of fused-ring (bicyclic) bond motifs is 2. The fraction of sp³-hybridized carbons (Fsp3) is 0.321. The number of aliphatic hydroxyl groups excluding tert-OH is 1. The molecule has 3 aromatic carbocycles. The summed E-state index contributed by atoms with van der Waals surface area (Å²) in [6.45, 7) is 0.0331. The standard InChI is InChI=1S/C28H28O4/c1-31-26-9-5-8-21-14-23-22(15-24(21)26)16-27(25(23)17-29)32-28(30)20-12-10-19(11-13-20)18-6-3-2-4-7-18/h2-13,22-23,25,27,29H,14-17H2,1H3/t22-,23-,25+,27+/m0/s1. The minimum Gasteiger partial charge on any atom is -0.496 e. The van der Waals surface area contributed by atoms with Gasteiger partial charge in [0.05, 0.1) is 12.7 Å². The summed E-state index contributed by atoms with van der Waals surface area (Å²) in [5.74, 6) is 1.28. The summed E-state index contributed by atoms with van der Waals surface area (Å²) in [5.41, 5.74) is 5.27. The molecule has 0 heterocycles. The van der Waals surface area contributed by atoms with Crippen molar-refractivity contribution in [1.29, 1.82) is 0 Å². The summed E-state index contributed by atoms with van der Waals surface area (Å²) in [6, 6.07) is 23.8. The van der Waals surface area contributed by atoms with Gasteiger partial charge in [0, 0.05) is 12.5 Å². The molecule has 4 nitrogen and oxygen atoms in total. The molecule has 0 spiro atoms. The molecule has 1 N–H and O–H groups in total. The molecule has 0 aromatic heterocycles. The van der Waals surface area contributed by atoms with E-state index in [4.69, 9.17) is 9.47 Å². The van der Waals surface area contributed by atoms with Gasteiger partial charge in [-0.3, -0.25) is 0 Å². The first-order chi connectivity index (χ1) is 15.7. The van der Waals surface area contributed by atoms with Crippen LogP contribution in [0, 0.1) is 17.8 Å². The third-order valence-corrected chi connectivity index (χ3v) is 7.24. The number of methoxy groups -OCH3 is 1. The van der Waals surface area contributed by atoms with E-state index in [2.05, 4.69) is 6.07 Å². The molecule has 0 aliphatic heterocycles. The molecular formula is C28H28O4. The van der Waals surface area contributed by atoms with Gasteiger partial charge in [0.1, 0.15) is 11.9 Å². The third-order valence-electron chi connectivity index (χ3n) is 7.24. The smallest absolute Gasteiger partial charge is 0.338 e. The van der Waals surface area contributed by atoms with Crippen LogP contribution < -0.4 is 4.74 Å². The molecule has 32 heavy (non-hydrogen) atoms. The second kappa shape index (κ2) is 8.79. The van der Waals surface area contributed by atoms with Crippen molar-refractivity contribution in [3.63, 3.8) is 0 Å². The van der Waals surface area contributed by atoms with Gasteiger partial charge in [0.25, 0.3) is 0 Å². The summed E-state index contributed by atoms with van der Waals surface area (Å²) >= 11 is 0. The van der Waals surface area contributed by atoms with Gasteiger partial charge in [-0.05, 0) is 71.6 Å². The molecule has 0 saturated heterocycles. The Morgan fingerprint density at radius 2 is 1.69 bits per heavy atom. The zero-order chi connectivity index (χ0) is 22.1. The van der Waals surface area contributed by atoms with Crippen LogP contribution in [0.15, 0.2) is 72.8 Å². The number of ether oxygens (including phenoxy) is 2. The minimum atomic E-state index is -0.318. The van der Waals surface area contributed by atoms with Gasteiger partial charge in [-0.25, -0.2) is 4.79 Å². The van der Waals surface area contributed by atoms with E-state index in [1.54, 1.807) is 7.11 Å². The first kappa shape index (κ1) is 20.8. The van der Waals surface area contributed by atoms with Gasteiger partial charge in [-0.15, -0.1) is 0 Å². The van der Waals surface area contributed by atoms with Crippen molar-refractivity contribution in [2.45, 2.75) is 25.4 Å². The Morgan fingerprint density at radius 3 is 2.41 bits per heavy atom. The van der Waals surface area contributed by atoms with Crippen LogP contribution in [-0.4, -0.2) is 30.9 Å². The van der Waals surface area contributed by atoms with Gasteiger partial charge in [-0.1, -0.05) is 54.6 Å². The highest BCUT2D eigenvalue weighted by atomic mass is 16.5. The molecule has 0 amide bonds. The molecule has 2 aliphatic rings. The second-order valence-corrected chi connectivity index (χ2v) is 8.90. The summed E-state index contributed by atoms with van der Waals surface area (Å²) in [4.78, 5) is 12.9. The van der Waals surface area contributed by atoms with Crippen LogP contribution in [0.5, 0.6) is 5.75 Å². The largest absolute Gasteiger partial charge is 0.496 e. The Morgan fingerprint density at radius 1 is 0.938 bits per heavy atom. The molecule has 4 heteroatoms. The minimum absolute atomic E-state index is 0.0331. The molecule has 0 radical (unpaired) electrons. The lowest BCUT2D eigenvalue weighted by molar-refractivity contribution is 0.00766. The summed E-state index contributed by atoms with van der Waals surface area (Å²) < 4.78 is 11.5. The first-order valence-electron chi connectivity index (χ1n) is 11.3. The van der Waals surface area contributed by atoms with Crippen LogP contribution in [0.3, 0.4) is 0 Å². The normalized spacial score (nSPS) is 23.8. The average molecular weight is 429 g/mol. The van der Waals surface area contributed by atoms with E-state index in [0.717, 1.165) is 36.1 Å². The molecule has 164 valence electrons. The van der Waals surface area contributed by atoms with Crippen LogP contribution >= 0.6 is 0 Å². The van der Waals surface area contributed by atoms with Crippen molar-refractivity contribution < 1.29 is 19.4 Å². The Balaban J connectivity index is 1.30. The Labute approximate surface area is 188 Å². The van der Waals surface area contributed by atoms with Crippen molar-refractivity contribution >= 4 is 5.97 Å². The fourth-order valence-electron chi connectivity index (χ4n) is 5.59. The highest BCUT2D eigenvalue weighted by Gasteiger charge is 2.47. The maximum Gasteiger partial charge on any atom is 0.338 e. The van der Waals surface area contributed by atoms with Crippen molar-refractivity contribution in [1.82, 2.24) is 0 Å². The first-order valence-corrected chi connectivity index (χ1v) is 11.3. The lowest BCUT2D eigenvalue weighted by Crippen LogP contribution is -2.31. The lowest BCUT2D eigenvalue weighted by atomic mass is 9.75. The summed E-state index contributed by atoms with van der Waals surface area (Å²) in [7, 11) is 1.71. The maximum absolute atomic E-state index is 12.9. The Hall–Kier alpha value is -3.11. The van der Waals surface area contributed by atoms with Crippen molar-refractivity contribution in [2.75, 3.05) is 13.7 Å². The molecule has 4 atom stereocenters. The van der Waals surface area contributed by atoms with Gasteiger partial charge >= 0.3 is 5.97 Å². The van der Waals surface area contributed by atoms with Crippen molar-refractivity contribution in [3.8, 4) is 16.9 Å². The van der Waals surface area contributed by atoms with E-state index in [1.165, 1.54) is 11.1 Å². The van der Waals surface area contributed by atoms with Gasteiger partial charge in [0.15, 0.2) is 0 Å². The number of hydrogen-bond acceptors (Lipinski definition) is 4. The van der Waals surface area contributed by atoms with Crippen LogP contribution in [-0.2, 0) is 17.6 Å². The van der Waals surface area contributed by atoms with E-state index < -0.39 is 0 Å². The zero-order valence-corrected chi connectivity index (χ0v) is 18.2. The highest BCUT2D eigenvalue weighted by Crippen LogP contribution is 2.47. The van der Waals surface area contributed by atoms with Crippen LogP contribution in [0.2, 0.25) is 0 Å². The number of esters is 1. The van der Waals surface area contributed by atoms with Crippen LogP contribution in [0.25, 0.3) is 11.1 Å². The Kier molecular flexibility index (Phi) is 5.71. The molecular weight excluding hydrogens is 400 g/mol. The number of rotatable bonds is 5. The van der Waals surface area contributed by atoms with Crippen molar-refractivity contribution in [3.05, 3.63) is 89.5 Å². The van der Waals surface area contributed by atoms with Gasteiger partial charge in [-0.2, -0.15) is 0 Å². The van der Waals surface area contributed by atoms with Crippen molar-refractivity contribution in [2.24, 2.45) is 17.8 Å². The van der Waals surface area contributed by atoms with E-state index in [1.807, 2.05) is 66.7 Å². The number of benzene rings is 3. The summed E-state index contributed by atoms with van der Waals surface area (Å²) in [5, 5.41) is 10.2. The number of hydrogen-bond donors (Lipinski definition) is 1. The van der Waals surface area contributed by atoms with E-state index in [0.29, 0.717) is 17.4 Å². The fourth-order valence-corrected chi connectivity index (χ4v) is 5.59. The van der Waals surface area contributed by atoms with Gasteiger partial charge < -0.3 is 14.6 Å². The highest BCUT2D eigenvalue weighted by molar-refractivity contribution is 5.90. The number of carbonyl (C=O) groups is 1. The molecule has 3 aromatic rings.